The number of hydrogen-bond donors (Lipinski definition) is 0. The second-order valence-corrected chi connectivity index (χ2v) is 5.99. The minimum atomic E-state index is 0.123. The highest BCUT2D eigenvalue weighted by Gasteiger charge is 2.30. The highest BCUT2D eigenvalue weighted by molar-refractivity contribution is 5.94. The average Bonchev–Trinajstić information content (AvgIpc) is 3.18. The summed E-state index contributed by atoms with van der Waals surface area (Å²) >= 11 is 0. The van der Waals surface area contributed by atoms with Gasteiger partial charge in [0.05, 0.1) is 18.4 Å². The molecule has 1 aromatic heterocycles. The molecule has 0 bridgehead atoms. The van der Waals surface area contributed by atoms with Crippen LogP contribution in [0.2, 0.25) is 0 Å². The number of hydrogen-bond acceptors (Lipinski definition) is 3. The molecule has 110 valence electrons. The lowest BCUT2D eigenvalue weighted by Crippen LogP contribution is -2.44. The third-order valence-electron chi connectivity index (χ3n) is 4.52. The summed E-state index contributed by atoms with van der Waals surface area (Å²) in [7, 11) is 0. The number of rotatable bonds is 4. The maximum absolute atomic E-state index is 12.7. The number of carbonyl (C=O) groups excluding carboxylic acids is 1. The van der Waals surface area contributed by atoms with Gasteiger partial charge >= 0.3 is 0 Å². The zero-order valence-corrected chi connectivity index (χ0v) is 11.9. The van der Waals surface area contributed by atoms with Crippen molar-refractivity contribution in [2.45, 2.75) is 44.6 Å². The van der Waals surface area contributed by atoms with Crippen molar-refractivity contribution < 1.29 is 13.9 Å². The van der Waals surface area contributed by atoms with Crippen LogP contribution in [0.4, 0.5) is 0 Å². The summed E-state index contributed by atoms with van der Waals surface area (Å²) < 4.78 is 10.5. The summed E-state index contributed by atoms with van der Waals surface area (Å²) in [6, 6.07) is 2.16. The first-order valence-electron chi connectivity index (χ1n) is 7.75. The molecular formula is C16H23NO3. The van der Waals surface area contributed by atoms with Gasteiger partial charge in [-0.2, -0.15) is 0 Å². The Kier molecular flexibility index (Phi) is 4.41. The second kappa shape index (κ2) is 6.44. The Morgan fingerprint density at radius 2 is 2.10 bits per heavy atom. The molecule has 4 heteroatoms. The van der Waals surface area contributed by atoms with Crippen LogP contribution in [0.25, 0.3) is 0 Å². The van der Waals surface area contributed by atoms with Crippen molar-refractivity contribution in [3.8, 4) is 0 Å². The number of carbonyl (C=O) groups is 1. The fraction of sp³-hybridized carbons (Fsp3) is 0.688. The van der Waals surface area contributed by atoms with Crippen LogP contribution < -0.4 is 0 Å². The highest BCUT2D eigenvalue weighted by Crippen LogP contribution is 2.26. The lowest BCUT2D eigenvalue weighted by molar-refractivity contribution is 0.0582. The van der Waals surface area contributed by atoms with Crippen molar-refractivity contribution in [1.29, 1.82) is 0 Å². The summed E-state index contributed by atoms with van der Waals surface area (Å²) in [5.74, 6) is 0.616. The molecule has 2 aliphatic rings. The van der Waals surface area contributed by atoms with E-state index in [2.05, 4.69) is 4.90 Å². The number of amides is 1. The normalized spacial score (nSPS) is 23.9. The van der Waals surface area contributed by atoms with E-state index in [1.54, 1.807) is 18.6 Å². The molecule has 1 aliphatic carbocycles. The Morgan fingerprint density at radius 3 is 2.75 bits per heavy atom. The van der Waals surface area contributed by atoms with Gasteiger partial charge in [0, 0.05) is 25.1 Å². The highest BCUT2D eigenvalue weighted by atomic mass is 16.5. The van der Waals surface area contributed by atoms with Crippen LogP contribution in [0, 0.1) is 5.92 Å². The van der Waals surface area contributed by atoms with E-state index in [-0.39, 0.29) is 5.91 Å². The quantitative estimate of drug-likeness (QED) is 0.849. The van der Waals surface area contributed by atoms with Crippen molar-refractivity contribution in [2.75, 3.05) is 19.8 Å². The van der Waals surface area contributed by atoms with E-state index in [4.69, 9.17) is 9.15 Å². The number of nitrogens with zero attached hydrogens (tertiary/aromatic N) is 1. The Morgan fingerprint density at radius 1 is 1.25 bits per heavy atom. The molecule has 2 fully saturated rings. The van der Waals surface area contributed by atoms with Crippen LogP contribution in [0.5, 0.6) is 0 Å². The van der Waals surface area contributed by atoms with Gasteiger partial charge in [0.25, 0.3) is 5.91 Å². The van der Waals surface area contributed by atoms with Crippen molar-refractivity contribution in [1.82, 2.24) is 4.90 Å². The molecule has 1 atom stereocenters. The summed E-state index contributed by atoms with van der Waals surface area (Å²) in [4.78, 5) is 14.8. The first kappa shape index (κ1) is 13.7. The van der Waals surface area contributed by atoms with Gasteiger partial charge in [-0.1, -0.05) is 19.3 Å². The van der Waals surface area contributed by atoms with Crippen molar-refractivity contribution in [3.05, 3.63) is 24.2 Å². The van der Waals surface area contributed by atoms with Gasteiger partial charge in [-0.15, -0.1) is 0 Å². The maximum atomic E-state index is 12.7. The molecule has 0 aromatic carbocycles. The molecule has 1 amide bonds. The van der Waals surface area contributed by atoms with Gasteiger partial charge in [-0.3, -0.25) is 4.79 Å². The molecule has 3 rings (SSSR count). The molecule has 2 heterocycles. The van der Waals surface area contributed by atoms with Crippen molar-refractivity contribution in [2.24, 2.45) is 5.92 Å². The molecule has 1 aromatic rings. The number of furan rings is 1. The third kappa shape index (κ3) is 3.06. The molecule has 1 saturated carbocycles. The minimum absolute atomic E-state index is 0.123. The van der Waals surface area contributed by atoms with E-state index in [9.17, 15) is 4.79 Å². The van der Waals surface area contributed by atoms with Gasteiger partial charge in [0.15, 0.2) is 0 Å². The zero-order valence-electron chi connectivity index (χ0n) is 11.9. The predicted octanol–water partition coefficient (Wildman–Crippen LogP) is 3.09. The van der Waals surface area contributed by atoms with Crippen LogP contribution in [-0.2, 0) is 4.74 Å². The number of ether oxygens (including phenoxy) is 1. The van der Waals surface area contributed by atoms with E-state index in [0.29, 0.717) is 17.5 Å². The third-order valence-corrected chi connectivity index (χ3v) is 4.52. The fourth-order valence-corrected chi connectivity index (χ4v) is 3.35. The van der Waals surface area contributed by atoms with Crippen LogP contribution in [0.15, 0.2) is 23.0 Å². The van der Waals surface area contributed by atoms with Gasteiger partial charge in [-0.05, 0) is 25.3 Å². The molecule has 1 saturated heterocycles. The SMILES string of the molecule is O=C(c1ccoc1)N(C[C@H]1CCOC1)C1CCCCC1. The van der Waals surface area contributed by atoms with E-state index in [0.717, 1.165) is 39.0 Å². The van der Waals surface area contributed by atoms with E-state index < -0.39 is 0 Å². The smallest absolute Gasteiger partial charge is 0.257 e. The molecule has 0 unspecified atom stereocenters. The van der Waals surface area contributed by atoms with Crippen LogP contribution in [0.3, 0.4) is 0 Å². The van der Waals surface area contributed by atoms with Crippen LogP contribution in [-0.4, -0.2) is 36.6 Å². The van der Waals surface area contributed by atoms with Crippen LogP contribution in [0.1, 0.15) is 48.9 Å². The lowest BCUT2D eigenvalue weighted by atomic mass is 9.92. The van der Waals surface area contributed by atoms with Gasteiger partial charge in [0.2, 0.25) is 0 Å². The summed E-state index contributed by atoms with van der Waals surface area (Å²) in [5, 5.41) is 0. The lowest BCUT2D eigenvalue weighted by Gasteiger charge is -2.35. The largest absolute Gasteiger partial charge is 0.472 e. The summed E-state index contributed by atoms with van der Waals surface area (Å²) in [6.07, 6.45) is 10.3. The van der Waals surface area contributed by atoms with E-state index >= 15 is 0 Å². The summed E-state index contributed by atoms with van der Waals surface area (Å²) in [5.41, 5.74) is 0.675. The van der Waals surface area contributed by atoms with Crippen LogP contribution >= 0.6 is 0 Å². The molecule has 0 spiro atoms. The van der Waals surface area contributed by atoms with Gasteiger partial charge in [0.1, 0.15) is 6.26 Å². The predicted molar refractivity (Wildman–Crippen MR) is 75.5 cm³/mol. The molecule has 20 heavy (non-hydrogen) atoms. The van der Waals surface area contributed by atoms with Crippen molar-refractivity contribution in [3.63, 3.8) is 0 Å². The first-order chi connectivity index (χ1) is 9.84. The van der Waals surface area contributed by atoms with Gasteiger partial charge < -0.3 is 14.1 Å². The molecule has 0 radical (unpaired) electrons. The van der Waals surface area contributed by atoms with E-state index in [1.807, 2.05) is 0 Å². The molecule has 0 N–H and O–H groups in total. The topological polar surface area (TPSA) is 42.7 Å². The standard InChI is InChI=1S/C16H23NO3/c18-16(14-7-9-20-12-14)17(10-13-6-8-19-11-13)15-4-2-1-3-5-15/h7,9,12-13,15H,1-6,8,10-11H2/t13-/m1/s1. The Labute approximate surface area is 120 Å². The maximum Gasteiger partial charge on any atom is 0.257 e. The van der Waals surface area contributed by atoms with E-state index in [1.165, 1.54) is 19.3 Å². The minimum Gasteiger partial charge on any atom is -0.472 e. The Bertz CT molecular complexity index is 417. The molecular weight excluding hydrogens is 254 g/mol. The monoisotopic (exact) mass is 277 g/mol. The first-order valence-corrected chi connectivity index (χ1v) is 7.75. The summed E-state index contributed by atoms with van der Waals surface area (Å²) in [6.45, 7) is 2.46. The Balaban J connectivity index is 1.72. The fourth-order valence-electron chi connectivity index (χ4n) is 3.35. The second-order valence-electron chi connectivity index (χ2n) is 5.99. The van der Waals surface area contributed by atoms with Crippen molar-refractivity contribution >= 4 is 5.91 Å². The zero-order chi connectivity index (χ0) is 13.8. The molecule has 1 aliphatic heterocycles. The Hall–Kier alpha value is -1.29. The van der Waals surface area contributed by atoms with Gasteiger partial charge in [-0.25, -0.2) is 0 Å². The average molecular weight is 277 g/mol. The molecule has 4 nitrogen and oxygen atoms in total.